The number of nitrogens with zero attached hydrogens (tertiary/aromatic N) is 5. The van der Waals surface area contributed by atoms with Gasteiger partial charge in [-0.05, 0) is 31.0 Å². The molecule has 2 heterocycles. The molecule has 31 heavy (non-hydrogen) atoms. The number of amides is 1. The number of halogens is 3. The molecule has 2 fully saturated rings. The van der Waals surface area contributed by atoms with Crippen molar-refractivity contribution in [3.8, 4) is 0 Å². The summed E-state index contributed by atoms with van der Waals surface area (Å²) in [6.45, 7) is 6.35. The first-order valence-electron chi connectivity index (χ1n) is 10.2. The van der Waals surface area contributed by atoms with E-state index in [0.717, 1.165) is 36.0 Å². The van der Waals surface area contributed by atoms with Crippen LogP contribution in [0.15, 0.2) is 42.1 Å². The van der Waals surface area contributed by atoms with Crippen LogP contribution in [0.5, 0.6) is 0 Å². The maximum atomic E-state index is 13.0. The zero-order valence-electron chi connectivity index (χ0n) is 17.0. The van der Waals surface area contributed by atoms with Gasteiger partial charge in [0.15, 0.2) is 5.16 Å². The van der Waals surface area contributed by atoms with Crippen molar-refractivity contribution in [2.24, 2.45) is 0 Å². The summed E-state index contributed by atoms with van der Waals surface area (Å²) in [5, 5.41) is 9.26. The Balaban J connectivity index is 1.32. The third-order valence-corrected chi connectivity index (χ3v) is 6.45. The molecule has 1 aromatic heterocycles. The van der Waals surface area contributed by atoms with Crippen LogP contribution < -0.4 is 4.90 Å². The Morgan fingerprint density at radius 2 is 1.94 bits per heavy atom. The van der Waals surface area contributed by atoms with E-state index in [1.165, 1.54) is 17.8 Å². The van der Waals surface area contributed by atoms with Crippen molar-refractivity contribution in [2.45, 2.75) is 36.6 Å². The summed E-state index contributed by atoms with van der Waals surface area (Å²) in [6.07, 6.45) is -0.325. The molecule has 10 heteroatoms. The first kappa shape index (κ1) is 21.7. The maximum absolute atomic E-state index is 13.0. The summed E-state index contributed by atoms with van der Waals surface area (Å²) in [7, 11) is 0. The van der Waals surface area contributed by atoms with E-state index in [-0.39, 0.29) is 11.7 Å². The van der Waals surface area contributed by atoms with Crippen LogP contribution in [0, 0.1) is 0 Å². The third kappa shape index (κ3) is 5.06. The molecule has 1 aliphatic carbocycles. The molecule has 1 amide bonds. The standard InChI is InChI=1S/C21H24F3N5OS/c1-2-8-29-19(15-6-7-15)25-26-20(29)31-14-18(30)28-11-9-27(10-12-28)17-5-3-4-16(13-17)21(22,23)24/h2-5,13,15H,1,6-12,14H2. The van der Waals surface area contributed by atoms with Gasteiger partial charge in [0, 0.05) is 44.3 Å². The SMILES string of the molecule is C=CCn1c(SCC(=O)N2CCN(c3cccc(C(F)(F)F)c3)CC2)nnc1C1CC1. The Morgan fingerprint density at radius 3 is 2.58 bits per heavy atom. The fourth-order valence-electron chi connectivity index (χ4n) is 3.66. The van der Waals surface area contributed by atoms with Crippen LogP contribution in [0.25, 0.3) is 0 Å². The number of allylic oxidation sites excluding steroid dienone is 1. The van der Waals surface area contributed by atoms with Gasteiger partial charge in [0.1, 0.15) is 5.82 Å². The molecule has 1 aliphatic heterocycles. The molecule has 0 atom stereocenters. The Kier molecular flexibility index (Phi) is 6.27. The lowest BCUT2D eigenvalue weighted by molar-refractivity contribution is -0.137. The molecule has 6 nitrogen and oxygen atoms in total. The van der Waals surface area contributed by atoms with Crippen LogP contribution in [0.2, 0.25) is 0 Å². The highest BCUT2D eigenvalue weighted by Gasteiger charge is 2.32. The summed E-state index contributed by atoms with van der Waals surface area (Å²) in [4.78, 5) is 16.3. The highest BCUT2D eigenvalue weighted by atomic mass is 32.2. The van der Waals surface area contributed by atoms with Crippen molar-refractivity contribution in [1.82, 2.24) is 19.7 Å². The molecule has 166 valence electrons. The number of benzene rings is 1. The van der Waals surface area contributed by atoms with Gasteiger partial charge < -0.3 is 14.4 Å². The number of aromatic nitrogens is 3. The van der Waals surface area contributed by atoms with Gasteiger partial charge >= 0.3 is 6.18 Å². The number of hydrogen-bond donors (Lipinski definition) is 0. The highest BCUT2D eigenvalue weighted by molar-refractivity contribution is 7.99. The molecular weight excluding hydrogens is 427 g/mol. The number of thioether (sulfide) groups is 1. The number of carbonyl (C=O) groups is 1. The van der Waals surface area contributed by atoms with E-state index < -0.39 is 11.7 Å². The number of hydrogen-bond acceptors (Lipinski definition) is 5. The van der Waals surface area contributed by atoms with Crippen molar-refractivity contribution in [1.29, 1.82) is 0 Å². The fourth-order valence-corrected chi connectivity index (χ4v) is 4.52. The quantitative estimate of drug-likeness (QED) is 0.474. The molecule has 1 saturated carbocycles. The van der Waals surface area contributed by atoms with Crippen LogP contribution in [-0.2, 0) is 17.5 Å². The second kappa shape index (κ2) is 8.94. The van der Waals surface area contributed by atoms with Crippen LogP contribution in [0.1, 0.15) is 30.1 Å². The molecule has 0 spiro atoms. The summed E-state index contributed by atoms with van der Waals surface area (Å²) >= 11 is 1.37. The Hall–Kier alpha value is -2.49. The lowest BCUT2D eigenvalue weighted by Gasteiger charge is -2.36. The zero-order valence-corrected chi connectivity index (χ0v) is 17.8. The predicted octanol–water partition coefficient (Wildman–Crippen LogP) is 3.80. The van der Waals surface area contributed by atoms with Gasteiger partial charge in [-0.1, -0.05) is 23.9 Å². The topological polar surface area (TPSA) is 54.3 Å². The molecule has 0 unspecified atom stereocenters. The molecule has 4 rings (SSSR count). The largest absolute Gasteiger partial charge is 0.416 e. The van der Waals surface area contributed by atoms with E-state index in [1.807, 2.05) is 9.47 Å². The Bertz CT molecular complexity index is 949. The van der Waals surface area contributed by atoms with Crippen molar-refractivity contribution < 1.29 is 18.0 Å². The summed E-state index contributed by atoms with van der Waals surface area (Å²) < 4.78 is 40.9. The zero-order chi connectivity index (χ0) is 22.0. The van der Waals surface area contributed by atoms with E-state index in [4.69, 9.17) is 0 Å². The minimum absolute atomic E-state index is 0.00480. The molecule has 2 aromatic rings. The second-order valence-corrected chi connectivity index (χ2v) is 8.66. The van der Waals surface area contributed by atoms with Gasteiger partial charge in [0.05, 0.1) is 11.3 Å². The molecular formula is C21H24F3N5OS. The molecule has 1 saturated heterocycles. The number of rotatable bonds is 7. The van der Waals surface area contributed by atoms with E-state index in [2.05, 4.69) is 16.8 Å². The van der Waals surface area contributed by atoms with Gasteiger partial charge in [0.25, 0.3) is 0 Å². The highest BCUT2D eigenvalue weighted by Crippen LogP contribution is 2.40. The average molecular weight is 452 g/mol. The van der Waals surface area contributed by atoms with Crippen LogP contribution in [0.4, 0.5) is 18.9 Å². The summed E-state index contributed by atoms with van der Waals surface area (Å²) in [5.74, 6) is 1.67. The molecule has 0 radical (unpaired) electrons. The normalized spacial score (nSPS) is 17.1. The lowest BCUT2D eigenvalue weighted by atomic mass is 10.1. The van der Waals surface area contributed by atoms with Crippen molar-refractivity contribution in [2.75, 3.05) is 36.8 Å². The van der Waals surface area contributed by atoms with Crippen LogP contribution in [-0.4, -0.2) is 57.5 Å². The minimum atomic E-state index is -4.36. The van der Waals surface area contributed by atoms with Crippen LogP contribution >= 0.6 is 11.8 Å². The van der Waals surface area contributed by atoms with E-state index in [9.17, 15) is 18.0 Å². The van der Waals surface area contributed by atoms with Crippen LogP contribution in [0.3, 0.4) is 0 Å². The van der Waals surface area contributed by atoms with E-state index >= 15 is 0 Å². The van der Waals surface area contributed by atoms with Gasteiger partial charge in [-0.25, -0.2) is 0 Å². The predicted molar refractivity (Wildman–Crippen MR) is 113 cm³/mol. The first-order valence-corrected chi connectivity index (χ1v) is 11.2. The van der Waals surface area contributed by atoms with E-state index in [1.54, 1.807) is 17.0 Å². The minimum Gasteiger partial charge on any atom is -0.368 e. The van der Waals surface area contributed by atoms with Gasteiger partial charge in [-0.3, -0.25) is 4.79 Å². The molecule has 0 bridgehead atoms. The number of carbonyl (C=O) groups excluding carboxylic acids is 1. The number of piperazine rings is 1. The fraction of sp³-hybridized carbons (Fsp3) is 0.476. The van der Waals surface area contributed by atoms with Crippen molar-refractivity contribution in [3.05, 3.63) is 48.3 Å². The Labute approximate surface area is 183 Å². The summed E-state index contributed by atoms with van der Waals surface area (Å²) in [6, 6.07) is 5.32. The van der Waals surface area contributed by atoms with Gasteiger partial charge in [-0.2, -0.15) is 13.2 Å². The molecule has 2 aliphatic rings. The maximum Gasteiger partial charge on any atom is 0.416 e. The number of alkyl halides is 3. The molecule has 0 N–H and O–H groups in total. The monoisotopic (exact) mass is 451 g/mol. The van der Waals surface area contributed by atoms with Crippen molar-refractivity contribution in [3.63, 3.8) is 0 Å². The Morgan fingerprint density at radius 1 is 1.19 bits per heavy atom. The second-order valence-electron chi connectivity index (χ2n) is 7.72. The lowest BCUT2D eigenvalue weighted by Crippen LogP contribution is -2.49. The number of anilines is 1. The molecule has 1 aromatic carbocycles. The van der Waals surface area contributed by atoms with E-state index in [0.29, 0.717) is 44.3 Å². The average Bonchev–Trinajstić information content (AvgIpc) is 3.53. The van der Waals surface area contributed by atoms with Gasteiger partial charge in [-0.15, -0.1) is 16.8 Å². The third-order valence-electron chi connectivity index (χ3n) is 5.50. The first-order chi connectivity index (χ1) is 14.9. The van der Waals surface area contributed by atoms with Crippen molar-refractivity contribution >= 4 is 23.4 Å². The smallest absolute Gasteiger partial charge is 0.368 e. The van der Waals surface area contributed by atoms with Gasteiger partial charge in [0.2, 0.25) is 5.91 Å². The summed E-state index contributed by atoms with van der Waals surface area (Å²) in [5.41, 5.74) is -0.129.